The van der Waals surface area contributed by atoms with Crippen LogP contribution in [-0.4, -0.2) is 16.5 Å². The van der Waals surface area contributed by atoms with Crippen molar-refractivity contribution in [1.29, 1.82) is 5.26 Å². The molecule has 0 bridgehead atoms. The van der Waals surface area contributed by atoms with E-state index in [1.54, 1.807) is 18.2 Å². The van der Waals surface area contributed by atoms with Gasteiger partial charge >= 0.3 is 0 Å². The minimum Gasteiger partial charge on any atom is -0.456 e. The number of hydrogen-bond acceptors (Lipinski definition) is 6. The Morgan fingerprint density at radius 3 is 2.46 bits per heavy atom. The van der Waals surface area contributed by atoms with Crippen LogP contribution in [0.3, 0.4) is 0 Å². The molecule has 6 nitrogen and oxygen atoms in total. The number of nitriles is 1. The Kier molecular flexibility index (Phi) is 9.26. The first-order chi connectivity index (χ1) is 18.0. The van der Waals surface area contributed by atoms with Crippen LogP contribution >= 0.6 is 23.2 Å². The molecule has 0 aliphatic rings. The average molecular weight is 553 g/mol. The van der Waals surface area contributed by atoms with E-state index in [0.717, 1.165) is 28.2 Å². The third-order valence-corrected chi connectivity index (χ3v) is 7.07. The lowest BCUT2D eigenvalue weighted by Gasteiger charge is -2.16. The summed E-state index contributed by atoms with van der Waals surface area (Å²) in [6.45, 7) is 4.50. The van der Waals surface area contributed by atoms with Crippen LogP contribution in [-0.2, 0) is 22.6 Å². The zero-order valence-electron chi connectivity index (χ0n) is 20.3. The van der Waals surface area contributed by atoms with E-state index in [2.05, 4.69) is 52.5 Å². The Morgan fingerprint density at radius 1 is 1.03 bits per heavy atom. The summed E-state index contributed by atoms with van der Waals surface area (Å²) in [4.78, 5) is 9.58. The van der Waals surface area contributed by atoms with Gasteiger partial charge in [0.2, 0.25) is 0 Å². The molecular formula is C28H25Cl2N4O2S+. The van der Waals surface area contributed by atoms with E-state index in [9.17, 15) is 0 Å². The van der Waals surface area contributed by atoms with Gasteiger partial charge in [0.15, 0.2) is 23.0 Å². The van der Waals surface area contributed by atoms with Gasteiger partial charge in [-0.3, -0.25) is 0 Å². The first-order valence-corrected chi connectivity index (χ1v) is 13.2. The predicted molar refractivity (Wildman–Crippen MR) is 150 cm³/mol. The van der Waals surface area contributed by atoms with E-state index in [0.29, 0.717) is 45.9 Å². The largest absolute Gasteiger partial charge is 0.456 e. The smallest absolute Gasteiger partial charge is 0.187 e. The summed E-state index contributed by atoms with van der Waals surface area (Å²) in [6, 6.07) is 22.8. The summed E-state index contributed by atoms with van der Waals surface area (Å²) >= 11 is 13.5. The van der Waals surface area contributed by atoms with Crippen LogP contribution in [0.15, 0.2) is 78.0 Å². The maximum absolute atomic E-state index is 9.03. The van der Waals surface area contributed by atoms with Gasteiger partial charge in [0.05, 0.1) is 28.9 Å². The van der Waals surface area contributed by atoms with E-state index >= 15 is 0 Å². The van der Waals surface area contributed by atoms with Gasteiger partial charge in [-0.15, -0.1) is 0 Å². The minimum absolute atomic E-state index is 0.299. The fraction of sp³-hybridized carbons (Fsp3) is 0.179. The van der Waals surface area contributed by atoms with Crippen molar-refractivity contribution in [3.8, 4) is 17.6 Å². The third-order valence-electron chi connectivity index (χ3n) is 5.51. The lowest BCUT2D eigenvalue weighted by Crippen LogP contribution is -2.17. The molecule has 4 aromatic rings. The molecule has 0 saturated carbocycles. The molecule has 1 N–H and O–H groups in total. The number of ether oxygens (including phenoxy) is 1. The lowest BCUT2D eigenvalue weighted by molar-refractivity contribution is 0.260. The molecule has 0 fully saturated rings. The van der Waals surface area contributed by atoms with Crippen molar-refractivity contribution in [1.82, 2.24) is 9.97 Å². The zero-order chi connectivity index (χ0) is 26.2. The number of aryl methyl sites for hydroxylation is 2. The van der Waals surface area contributed by atoms with Gasteiger partial charge in [0.25, 0.3) is 0 Å². The van der Waals surface area contributed by atoms with Crippen molar-refractivity contribution >= 4 is 41.1 Å². The monoisotopic (exact) mass is 551 g/mol. The molecule has 0 spiro atoms. The normalized spacial score (nSPS) is 11.5. The third kappa shape index (κ3) is 7.15. The van der Waals surface area contributed by atoms with Gasteiger partial charge in [-0.05, 0) is 61.4 Å². The van der Waals surface area contributed by atoms with E-state index in [1.165, 1.54) is 11.9 Å². The molecule has 1 atom stereocenters. The van der Waals surface area contributed by atoms with Crippen molar-refractivity contribution < 1.29 is 8.92 Å². The second-order valence-corrected chi connectivity index (χ2v) is 9.86. The van der Waals surface area contributed by atoms with E-state index < -0.39 is 0 Å². The average Bonchev–Trinajstić information content (AvgIpc) is 2.92. The van der Waals surface area contributed by atoms with Crippen LogP contribution < -0.4 is 10.1 Å². The summed E-state index contributed by atoms with van der Waals surface area (Å²) in [7, 11) is 0. The summed E-state index contributed by atoms with van der Waals surface area (Å²) in [5.41, 5.74) is 3.41. The first kappa shape index (κ1) is 26.8. The number of benzene rings is 3. The Bertz CT molecular complexity index is 1390. The van der Waals surface area contributed by atoms with Gasteiger partial charge < -0.3 is 10.1 Å². The molecule has 3 aromatic carbocycles. The summed E-state index contributed by atoms with van der Waals surface area (Å²) < 4.78 is 12.2. The fourth-order valence-corrected chi connectivity index (χ4v) is 4.68. The maximum atomic E-state index is 9.03. The van der Waals surface area contributed by atoms with Crippen molar-refractivity contribution in [2.24, 2.45) is 0 Å². The molecule has 1 heterocycles. The Labute approximate surface area is 230 Å². The quantitative estimate of drug-likeness (QED) is 0.165. The van der Waals surface area contributed by atoms with E-state index in [-0.39, 0.29) is 6.10 Å². The highest BCUT2D eigenvalue weighted by atomic mass is 35.5. The molecule has 0 aliphatic carbocycles. The fourth-order valence-electron chi connectivity index (χ4n) is 3.44. The van der Waals surface area contributed by atoms with Gasteiger partial charge in [-0.2, -0.15) is 9.44 Å². The van der Waals surface area contributed by atoms with E-state index in [4.69, 9.17) is 37.4 Å². The molecule has 4 rings (SSSR count). The molecule has 0 amide bonds. The number of anilines is 1. The SMILES string of the molecule is CCc1ncnc(NCC(O[SH+]c2ccc(C)cc2)c2ccc(Oc3ccc(C#N)cc3Cl)cc2)c1Cl. The summed E-state index contributed by atoms with van der Waals surface area (Å²) in [5.74, 6) is 1.67. The van der Waals surface area contributed by atoms with Crippen molar-refractivity contribution in [2.45, 2.75) is 31.3 Å². The Hall–Kier alpha value is -3.28. The predicted octanol–water partition coefficient (Wildman–Crippen LogP) is 7.28. The van der Waals surface area contributed by atoms with Crippen LogP contribution in [0, 0.1) is 18.3 Å². The van der Waals surface area contributed by atoms with Crippen LogP contribution in [0.5, 0.6) is 11.5 Å². The number of halogens is 2. The van der Waals surface area contributed by atoms with Gasteiger partial charge in [-0.1, -0.05) is 60.0 Å². The molecule has 0 saturated heterocycles. The maximum Gasteiger partial charge on any atom is 0.187 e. The highest BCUT2D eigenvalue weighted by Gasteiger charge is 2.20. The number of rotatable bonds is 10. The summed E-state index contributed by atoms with van der Waals surface area (Å²) in [5, 5.41) is 13.2. The van der Waals surface area contributed by atoms with Crippen LogP contribution in [0.1, 0.15) is 35.4 Å². The number of nitrogens with one attached hydrogen (secondary N) is 1. The van der Waals surface area contributed by atoms with Crippen molar-refractivity contribution in [3.63, 3.8) is 0 Å². The van der Waals surface area contributed by atoms with Crippen LogP contribution in [0.2, 0.25) is 10.0 Å². The molecule has 9 heteroatoms. The van der Waals surface area contributed by atoms with Crippen LogP contribution in [0.25, 0.3) is 0 Å². The number of hydrogen-bond donors (Lipinski definition) is 1. The second kappa shape index (κ2) is 12.8. The van der Waals surface area contributed by atoms with Crippen molar-refractivity contribution in [3.05, 3.63) is 105 Å². The number of aromatic nitrogens is 2. The topological polar surface area (TPSA) is 80.1 Å². The molecule has 188 valence electrons. The molecule has 0 radical (unpaired) electrons. The van der Waals surface area contributed by atoms with Crippen molar-refractivity contribution in [2.75, 3.05) is 11.9 Å². The van der Waals surface area contributed by atoms with Crippen LogP contribution in [0.4, 0.5) is 5.82 Å². The molecule has 1 aromatic heterocycles. The van der Waals surface area contributed by atoms with Gasteiger partial charge in [0.1, 0.15) is 28.7 Å². The number of nitrogens with zero attached hydrogens (tertiary/aromatic N) is 3. The highest BCUT2D eigenvalue weighted by molar-refractivity contribution is 7.73. The molecule has 0 aliphatic heterocycles. The highest BCUT2D eigenvalue weighted by Crippen LogP contribution is 2.32. The van der Waals surface area contributed by atoms with Gasteiger partial charge in [-0.25, -0.2) is 9.97 Å². The Balaban J connectivity index is 1.51. The minimum atomic E-state index is -0.299. The summed E-state index contributed by atoms with van der Waals surface area (Å²) in [6.07, 6.45) is 1.92. The molecule has 1 unspecified atom stereocenters. The Morgan fingerprint density at radius 2 is 1.78 bits per heavy atom. The molecule has 37 heavy (non-hydrogen) atoms. The van der Waals surface area contributed by atoms with E-state index in [1.807, 2.05) is 31.2 Å². The number of thiol groups is 1. The second-order valence-electron chi connectivity index (χ2n) is 8.17. The standard InChI is InChI=1S/C28H24Cl2N4O2S/c1-3-24-27(30)28(34-17-33-24)32-16-26(36-37-22-11-4-18(2)5-12-22)20-7-9-21(10-8-20)35-25-13-6-19(15-31)14-23(25)29/h4-14,17,26H,3,16H2,1-2H3,(H,32,33,34)/p+1. The zero-order valence-corrected chi connectivity index (χ0v) is 22.7. The molecular weight excluding hydrogens is 527 g/mol. The van der Waals surface area contributed by atoms with Gasteiger partial charge in [0, 0.05) is 0 Å². The lowest BCUT2D eigenvalue weighted by atomic mass is 10.1. The first-order valence-electron chi connectivity index (χ1n) is 11.6.